The van der Waals surface area contributed by atoms with E-state index in [9.17, 15) is 13.2 Å². The normalized spacial score (nSPS) is 12.0. The van der Waals surface area contributed by atoms with Crippen LogP contribution in [0.15, 0.2) is 71.6 Å². The third kappa shape index (κ3) is 5.63. The van der Waals surface area contributed by atoms with Gasteiger partial charge in [-0.1, -0.05) is 47.5 Å². The fourth-order valence-corrected chi connectivity index (χ4v) is 5.15. The second-order valence-corrected chi connectivity index (χ2v) is 9.94. The number of methoxy groups -OCH3 is 2. The monoisotopic (exact) mass is 502 g/mol. The van der Waals surface area contributed by atoms with Crippen molar-refractivity contribution in [3.05, 3.63) is 82.9 Å². The molecule has 1 N–H and O–H groups in total. The number of benzene rings is 3. The average Bonchev–Trinajstić information content (AvgIpc) is 2.82. The molecule has 3 aromatic carbocycles. The number of hydrogen-bond acceptors (Lipinski definition) is 5. The summed E-state index contributed by atoms with van der Waals surface area (Å²) in [6.07, 6.45) is 0. The van der Waals surface area contributed by atoms with Gasteiger partial charge in [-0.05, 0) is 50.2 Å². The standard InChI is InChI=1S/C25H27ClN2O5S/c1-17-9-12-20(13-10-17)34(30,31)28(19-11-14-24(33-4)22(26)15-19)16-25(29)27-18(2)21-7-5-6-8-23(21)32-3/h5-15,18H,16H2,1-4H3,(H,27,29)/t18-/m1/s1. The van der Waals surface area contributed by atoms with Gasteiger partial charge in [0.15, 0.2) is 0 Å². The summed E-state index contributed by atoms with van der Waals surface area (Å²) in [6.45, 7) is 3.22. The Morgan fingerprint density at radius 2 is 1.65 bits per heavy atom. The van der Waals surface area contributed by atoms with Gasteiger partial charge in [0.25, 0.3) is 10.0 Å². The Kier molecular flexibility index (Phi) is 8.06. The van der Waals surface area contributed by atoms with Crippen molar-refractivity contribution in [1.29, 1.82) is 0 Å². The summed E-state index contributed by atoms with van der Waals surface area (Å²) in [4.78, 5) is 13.1. The first kappa shape index (κ1) is 25.4. The Bertz CT molecular complexity index is 1260. The van der Waals surface area contributed by atoms with Gasteiger partial charge in [-0.25, -0.2) is 8.42 Å². The van der Waals surface area contributed by atoms with Crippen LogP contribution in [0.2, 0.25) is 5.02 Å². The van der Waals surface area contributed by atoms with Crippen molar-refractivity contribution in [2.75, 3.05) is 25.1 Å². The van der Waals surface area contributed by atoms with E-state index >= 15 is 0 Å². The highest BCUT2D eigenvalue weighted by Crippen LogP contribution is 2.32. The van der Waals surface area contributed by atoms with Crippen molar-refractivity contribution in [2.24, 2.45) is 0 Å². The van der Waals surface area contributed by atoms with E-state index in [1.165, 1.54) is 25.3 Å². The van der Waals surface area contributed by atoms with Crippen LogP contribution in [-0.2, 0) is 14.8 Å². The number of sulfonamides is 1. The molecule has 0 unspecified atom stereocenters. The maximum Gasteiger partial charge on any atom is 0.264 e. The van der Waals surface area contributed by atoms with Gasteiger partial charge in [0.2, 0.25) is 5.91 Å². The van der Waals surface area contributed by atoms with Gasteiger partial charge in [0, 0.05) is 5.56 Å². The quantitative estimate of drug-likeness (QED) is 0.457. The molecule has 9 heteroatoms. The third-order valence-corrected chi connectivity index (χ3v) is 7.39. The number of ether oxygens (including phenoxy) is 2. The van der Waals surface area contributed by atoms with Crippen LogP contribution in [0.5, 0.6) is 11.5 Å². The van der Waals surface area contributed by atoms with E-state index in [0.717, 1.165) is 15.4 Å². The van der Waals surface area contributed by atoms with Gasteiger partial charge in [0.1, 0.15) is 18.0 Å². The second-order valence-electron chi connectivity index (χ2n) is 7.67. The lowest BCUT2D eigenvalue weighted by atomic mass is 10.1. The predicted molar refractivity (Wildman–Crippen MR) is 133 cm³/mol. The first-order valence-electron chi connectivity index (χ1n) is 10.5. The number of carbonyl (C=O) groups is 1. The largest absolute Gasteiger partial charge is 0.496 e. The number of amides is 1. The highest BCUT2D eigenvalue weighted by atomic mass is 35.5. The van der Waals surface area contributed by atoms with Crippen LogP contribution in [0.3, 0.4) is 0 Å². The number of nitrogens with one attached hydrogen (secondary N) is 1. The van der Waals surface area contributed by atoms with E-state index < -0.39 is 28.5 Å². The topological polar surface area (TPSA) is 84.9 Å². The minimum atomic E-state index is -4.07. The highest BCUT2D eigenvalue weighted by Gasteiger charge is 2.28. The van der Waals surface area contributed by atoms with E-state index in [1.807, 2.05) is 25.1 Å². The molecule has 3 rings (SSSR count). The van der Waals surface area contributed by atoms with Crippen molar-refractivity contribution in [3.8, 4) is 11.5 Å². The second kappa shape index (κ2) is 10.8. The van der Waals surface area contributed by atoms with Crippen LogP contribution >= 0.6 is 11.6 Å². The maximum absolute atomic E-state index is 13.6. The Balaban J connectivity index is 1.94. The summed E-state index contributed by atoms with van der Waals surface area (Å²) in [5, 5.41) is 3.09. The molecule has 34 heavy (non-hydrogen) atoms. The number of halogens is 1. The first-order valence-corrected chi connectivity index (χ1v) is 12.3. The molecule has 0 saturated heterocycles. The highest BCUT2D eigenvalue weighted by molar-refractivity contribution is 7.92. The predicted octanol–water partition coefficient (Wildman–Crippen LogP) is 4.74. The number of para-hydroxylation sites is 1. The van der Waals surface area contributed by atoms with E-state index in [-0.39, 0.29) is 15.6 Å². The van der Waals surface area contributed by atoms with Crippen molar-refractivity contribution in [3.63, 3.8) is 0 Å². The summed E-state index contributed by atoms with van der Waals surface area (Å²) in [7, 11) is -1.05. The molecule has 1 atom stereocenters. The molecule has 0 fully saturated rings. The fourth-order valence-electron chi connectivity index (χ4n) is 3.48. The Hall–Kier alpha value is -3.23. The molecule has 7 nitrogen and oxygen atoms in total. The summed E-state index contributed by atoms with van der Waals surface area (Å²) in [5.74, 6) is 0.537. The lowest BCUT2D eigenvalue weighted by molar-refractivity contribution is -0.120. The molecule has 0 saturated carbocycles. The van der Waals surface area contributed by atoms with Crippen LogP contribution < -0.4 is 19.1 Å². The zero-order chi connectivity index (χ0) is 24.9. The SMILES string of the molecule is COc1ccc(N(CC(=O)N[C@H](C)c2ccccc2OC)S(=O)(=O)c2ccc(C)cc2)cc1Cl. The lowest BCUT2D eigenvalue weighted by Crippen LogP contribution is -2.41. The van der Waals surface area contributed by atoms with Crippen LogP contribution in [0, 0.1) is 6.92 Å². The van der Waals surface area contributed by atoms with Crippen molar-refractivity contribution in [2.45, 2.75) is 24.8 Å². The molecular formula is C25H27ClN2O5S. The molecule has 180 valence electrons. The molecule has 1 amide bonds. The van der Waals surface area contributed by atoms with Crippen molar-refractivity contribution >= 4 is 33.2 Å². The van der Waals surface area contributed by atoms with Crippen LogP contribution in [-0.4, -0.2) is 35.1 Å². The van der Waals surface area contributed by atoms with Crippen LogP contribution in [0.25, 0.3) is 0 Å². The van der Waals surface area contributed by atoms with Crippen LogP contribution in [0.1, 0.15) is 24.1 Å². The number of nitrogens with zero attached hydrogens (tertiary/aromatic N) is 1. The molecule has 0 spiro atoms. The maximum atomic E-state index is 13.6. The van der Waals surface area contributed by atoms with Crippen molar-refractivity contribution in [1.82, 2.24) is 5.32 Å². The summed E-state index contributed by atoms with van der Waals surface area (Å²) in [5.41, 5.74) is 1.94. The van der Waals surface area contributed by atoms with Gasteiger partial charge < -0.3 is 14.8 Å². The van der Waals surface area contributed by atoms with Gasteiger partial charge in [-0.15, -0.1) is 0 Å². The van der Waals surface area contributed by atoms with Crippen molar-refractivity contribution < 1.29 is 22.7 Å². The molecule has 0 aliphatic carbocycles. The Morgan fingerprint density at radius 3 is 2.26 bits per heavy atom. The molecule has 3 aromatic rings. The molecule has 0 aliphatic heterocycles. The minimum absolute atomic E-state index is 0.0654. The molecule has 0 bridgehead atoms. The minimum Gasteiger partial charge on any atom is -0.496 e. The van der Waals surface area contributed by atoms with Gasteiger partial charge in [0.05, 0.1) is 35.9 Å². The third-order valence-electron chi connectivity index (χ3n) is 5.30. The number of anilines is 1. The molecule has 0 aliphatic rings. The number of rotatable bonds is 9. The van der Waals surface area contributed by atoms with Crippen LogP contribution in [0.4, 0.5) is 5.69 Å². The number of aryl methyl sites for hydroxylation is 1. The van der Waals surface area contributed by atoms with Gasteiger partial charge in [-0.2, -0.15) is 0 Å². The van der Waals surface area contributed by atoms with E-state index in [2.05, 4.69) is 5.32 Å². The zero-order valence-corrected chi connectivity index (χ0v) is 21.0. The van der Waals surface area contributed by atoms with Gasteiger partial charge in [-0.3, -0.25) is 9.10 Å². The smallest absolute Gasteiger partial charge is 0.264 e. The van der Waals surface area contributed by atoms with E-state index in [1.54, 1.807) is 44.4 Å². The summed E-state index contributed by atoms with van der Waals surface area (Å²) >= 11 is 6.26. The zero-order valence-electron chi connectivity index (χ0n) is 19.4. The lowest BCUT2D eigenvalue weighted by Gasteiger charge is -2.26. The first-order chi connectivity index (χ1) is 16.2. The van der Waals surface area contributed by atoms with E-state index in [0.29, 0.717) is 11.5 Å². The molecule has 0 aromatic heterocycles. The average molecular weight is 503 g/mol. The summed E-state index contributed by atoms with van der Waals surface area (Å²) in [6, 6.07) is 17.9. The fraction of sp³-hybridized carbons (Fsp3) is 0.240. The summed E-state index contributed by atoms with van der Waals surface area (Å²) < 4.78 is 38.7. The number of hydrogen-bond donors (Lipinski definition) is 1. The molecule has 0 radical (unpaired) electrons. The Labute approximate surface area is 205 Å². The molecular weight excluding hydrogens is 476 g/mol. The Morgan fingerprint density at radius 1 is 1.00 bits per heavy atom. The van der Waals surface area contributed by atoms with E-state index in [4.69, 9.17) is 21.1 Å². The number of carbonyl (C=O) groups excluding carboxylic acids is 1. The van der Waals surface area contributed by atoms with Gasteiger partial charge >= 0.3 is 0 Å². The molecule has 0 heterocycles.